The van der Waals surface area contributed by atoms with Gasteiger partial charge in [-0.05, 0) is 19.3 Å². The van der Waals surface area contributed by atoms with Gasteiger partial charge in [-0.1, -0.05) is 31.9 Å². The van der Waals surface area contributed by atoms with Gasteiger partial charge in [0.2, 0.25) is 0 Å². The number of rotatable bonds is 7. The fraction of sp³-hybridized carbons (Fsp3) is 0.727. The van der Waals surface area contributed by atoms with Gasteiger partial charge < -0.3 is 4.74 Å². The van der Waals surface area contributed by atoms with Crippen LogP contribution in [-0.2, 0) is 9.53 Å². The first-order chi connectivity index (χ1) is 6.31. The van der Waals surface area contributed by atoms with Gasteiger partial charge in [0.15, 0.2) is 0 Å². The Kier molecular flexibility index (Phi) is 8.73. The Labute approximate surface area is 81.0 Å². The molecule has 2 nitrogen and oxygen atoms in total. The zero-order chi connectivity index (χ0) is 9.94. The van der Waals surface area contributed by atoms with Crippen LogP contribution < -0.4 is 0 Å². The molecule has 0 N–H and O–H groups in total. The molecule has 0 amide bonds. The second-order valence-corrected chi connectivity index (χ2v) is 3.08. The van der Waals surface area contributed by atoms with Crippen molar-refractivity contribution < 1.29 is 9.53 Å². The van der Waals surface area contributed by atoms with E-state index in [0.717, 1.165) is 12.8 Å². The van der Waals surface area contributed by atoms with Crippen LogP contribution in [0.1, 0.15) is 45.4 Å². The van der Waals surface area contributed by atoms with E-state index in [0.29, 0.717) is 6.42 Å². The molecule has 0 bridgehead atoms. The summed E-state index contributed by atoms with van der Waals surface area (Å²) in [5.41, 5.74) is 0. The minimum atomic E-state index is -0.127. The molecule has 0 aromatic rings. The van der Waals surface area contributed by atoms with Crippen molar-refractivity contribution in [2.45, 2.75) is 45.4 Å². The maximum absolute atomic E-state index is 10.7. The molecule has 0 unspecified atom stereocenters. The molecule has 0 aliphatic heterocycles. The molecule has 0 heterocycles. The normalized spacial score (nSPS) is 10.6. The van der Waals surface area contributed by atoms with Crippen molar-refractivity contribution in [3.63, 3.8) is 0 Å². The Morgan fingerprint density at radius 1 is 1.23 bits per heavy atom. The molecule has 0 aromatic heterocycles. The summed E-state index contributed by atoms with van der Waals surface area (Å²) in [5.74, 6) is -0.127. The highest BCUT2D eigenvalue weighted by molar-refractivity contribution is 5.69. The van der Waals surface area contributed by atoms with Crippen molar-refractivity contribution >= 4 is 5.97 Å². The molecule has 2 heteroatoms. The zero-order valence-corrected chi connectivity index (χ0v) is 8.71. The van der Waals surface area contributed by atoms with Crippen LogP contribution in [0, 0.1) is 0 Å². The number of methoxy groups -OCH3 is 1. The van der Waals surface area contributed by atoms with Crippen LogP contribution in [0.25, 0.3) is 0 Å². The van der Waals surface area contributed by atoms with Gasteiger partial charge in [0.25, 0.3) is 0 Å². The van der Waals surface area contributed by atoms with Crippen LogP contribution in [-0.4, -0.2) is 13.1 Å². The van der Waals surface area contributed by atoms with E-state index >= 15 is 0 Å². The number of carbonyl (C=O) groups excluding carboxylic acids is 1. The molecule has 13 heavy (non-hydrogen) atoms. The van der Waals surface area contributed by atoms with Crippen molar-refractivity contribution in [3.8, 4) is 0 Å². The number of hydrogen-bond donors (Lipinski definition) is 0. The summed E-state index contributed by atoms with van der Waals surface area (Å²) < 4.78 is 4.52. The molecule has 0 saturated heterocycles. The molecule has 0 saturated carbocycles. The van der Waals surface area contributed by atoms with Crippen molar-refractivity contribution in [3.05, 3.63) is 12.2 Å². The first-order valence-electron chi connectivity index (χ1n) is 5.03. The van der Waals surface area contributed by atoms with E-state index in [1.165, 1.54) is 26.4 Å². The number of allylic oxidation sites excluding steroid dienone is 2. The van der Waals surface area contributed by atoms with E-state index in [9.17, 15) is 4.79 Å². The summed E-state index contributed by atoms with van der Waals surface area (Å²) in [4.78, 5) is 10.7. The average molecular weight is 184 g/mol. The summed E-state index contributed by atoms with van der Waals surface area (Å²) >= 11 is 0. The first-order valence-corrected chi connectivity index (χ1v) is 5.03. The second-order valence-electron chi connectivity index (χ2n) is 3.08. The summed E-state index contributed by atoms with van der Waals surface area (Å²) in [7, 11) is 1.42. The summed E-state index contributed by atoms with van der Waals surface area (Å²) in [6, 6.07) is 0. The molecule has 0 aromatic carbocycles. The second kappa shape index (κ2) is 9.30. The Hall–Kier alpha value is -0.790. The van der Waals surface area contributed by atoms with E-state index < -0.39 is 0 Å². The van der Waals surface area contributed by atoms with Crippen molar-refractivity contribution in [2.75, 3.05) is 7.11 Å². The number of carbonyl (C=O) groups is 1. The SMILES string of the molecule is CCCCC/C=C/CCC(=O)OC. The van der Waals surface area contributed by atoms with Gasteiger partial charge in [-0.3, -0.25) is 4.79 Å². The maximum Gasteiger partial charge on any atom is 0.305 e. The standard InChI is InChI=1S/C11H20O2/c1-3-4-5-6-7-8-9-10-11(12)13-2/h7-8H,3-6,9-10H2,1-2H3/b8-7+. The fourth-order valence-electron chi connectivity index (χ4n) is 1.05. The smallest absolute Gasteiger partial charge is 0.305 e. The van der Waals surface area contributed by atoms with E-state index in [1.54, 1.807) is 0 Å². The summed E-state index contributed by atoms with van der Waals surface area (Å²) in [6.45, 7) is 2.20. The number of esters is 1. The fourth-order valence-corrected chi connectivity index (χ4v) is 1.05. The van der Waals surface area contributed by atoms with Crippen molar-refractivity contribution in [2.24, 2.45) is 0 Å². The minimum absolute atomic E-state index is 0.127. The van der Waals surface area contributed by atoms with Crippen LogP contribution >= 0.6 is 0 Å². The Balaban J connectivity index is 3.17. The quantitative estimate of drug-likeness (QED) is 0.345. The third kappa shape index (κ3) is 9.12. The van der Waals surface area contributed by atoms with Crippen LogP contribution in [0.15, 0.2) is 12.2 Å². The van der Waals surface area contributed by atoms with Crippen LogP contribution in [0.2, 0.25) is 0 Å². The lowest BCUT2D eigenvalue weighted by Crippen LogP contribution is -1.97. The Morgan fingerprint density at radius 2 is 1.92 bits per heavy atom. The summed E-state index contributed by atoms with van der Waals surface area (Å²) in [6.07, 6.45) is 10.5. The van der Waals surface area contributed by atoms with Crippen molar-refractivity contribution in [1.82, 2.24) is 0 Å². The van der Waals surface area contributed by atoms with Gasteiger partial charge in [0, 0.05) is 6.42 Å². The van der Waals surface area contributed by atoms with Crippen LogP contribution in [0.3, 0.4) is 0 Å². The molecule has 0 rings (SSSR count). The lowest BCUT2D eigenvalue weighted by Gasteiger charge is -1.94. The third-order valence-corrected chi connectivity index (χ3v) is 1.88. The van der Waals surface area contributed by atoms with Gasteiger partial charge >= 0.3 is 5.97 Å². The molecule has 0 aliphatic rings. The lowest BCUT2D eigenvalue weighted by molar-refractivity contribution is -0.140. The molecule has 0 atom stereocenters. The highest BCUT2D eigenvalue weighted by atomic mass is 16.5. The van der Waals surface area contributed by atoms with Crippen LogP contribution in [0.5, 0.6) is 0 Å². The molecule has 0 aliphatic carbocycles. The van der Waals surface area contributed by atoms with Gasteiger partial charge in [-0.15, -0.1) is 0 Å². The number of ether oxygens (including phenoxy) is 1. The predicted octanol–water partition coefficient (Wildman–Crippen LogP) is 3.08. The Bertz CT molecular complexity index is 150. The molecule has 0 radical (unpaired) electrons. The first kappa shape index (κ1) is 12.2. The van der Waals surface area contributed by atoms with Gasteiger partial charge in [0.1, 0.15) is 0 Å². The largest absolute Gasteiger partial charge is 0.469 e. The van der Waals surface area contributed by atoms with E-state index in [-0.39, 0.29) is 5.97 Å². The van der Waals surface area contributed by atoms with E-state index in [2.05, 4.69) is 23.8 Å². The number of unbranched alkanes of at least 4 members (excludes halogenated alkanes) is 3. The van der Waals surface area contributed by atoms with Gasteiger partial charge in [-0.25, -0.2) is 0 Å². The molecular formula is C11H20O2. The predicted molar refractivity (Wildman–Crippen MR) is 54.5 cm³/mol. The molecular weight excluding hydrogens is 164 g/mol. The van der Waals surface area contributed by atoms with Crippen LogP contribution in [0.4, 0.5) is 0 Å². The van der Waals surface area contributed by atoms with Crippen molar-refractivity contribution in [1.29, 1.82) is 0 Å². The average Bonchev–Trinajstić information content (AvgIpc) is 2.16. The maximum atomic E-state index is 10.7. The highest BCUT2D eigenvalue weighted by Crippen LogP contribution is 2.01. The van der Waals surface area contributed by atoms with Gasteiger partial charge in [-0.2, -0.15) is 0 Å². The molecule has 0 fully saturated rings. The molecule has 0 spiro atoms. The minimum Gasteiger partial charge on any atom is -0.469 e. The molecule has 76 valence electrons. The topological polar surface area (TPSA) is 26.3 Å². The number of hydrogen-bond acceptors (Lipinski definition) is 2. The monoisotopic (exact) mass is 184 g/mol. The zero-order valence-electron chi connectivity index (χ0n) is 8.71. The Morgan fingerprint density at radius 3 is 2.54 bits per heavy atom. The third-order valence-electron chi connectivity index (χ3n) is 1.88. The lowest BCUT2D eigenvalue weighted by atomic mass is 10.2. The van der Waals surface area contributed by atoms with Gasteiger partial charge in [0.05, 0.1) is 7.11 Å². The summed E-state index contributed by atoms with van der Waals surface area (Å²) in [5, 5.41) is 0. The van der Waals surface area contributed by atoms with E-state index in [1.807, 2.05) is 0 Å². The highest BCUT2D eigenvalue weighted by Gasteiger charge is 1.95. The van der Waals surface area contributed by atoms with E-state index in [4.69, 9.17) is 0 Å².